The number of anilines is 2. The van der Waals surface area contributed by atoms with Crippen molar-refractivity contribution in [2.75, 3.05) is 38.9 Å². The third-order valence-electron chi connectivity index (χ3n) is 2.56. The second-order valence-electron chi connectivity index (χ2n) is 4.12. The van der Waals surface area contributed by atoms with Crippen LogP contribution in [0, 0.1) is 0 Å². The minimum Gasteiger partial charge on any atom is -0.465 e. The van der Waals surface area contributed by atoms with Crippen molar-refractivity contribution in [3.8, 4) is 0 Å². The van der Waals surface area contributed by atoms with Crippen molar-refractivity contribution in [3.63, 3.8) is 0 Å². The molecule has 1 unspecified atom stereocenters. The Labute approximate surface area is 121 Å². The van der Waals surface area contributed by atoms with E-state index in [4.69, 9.17) is 15.2 Å². The van der Waals surface area contributed by atoms with E-state index in [1.807, 2.05) is 6.92 Å². The molecule has 1 rings (SSSR count). The average molecular weight is 301 g/mol. The quantitative estimate of drug-likeness (QED) is 0.675. The summed E-state index contributed by atoms with van der Waals surface area (Å²) in [4.78, 5) is 23.8. The van der Waals surface area contributed by atoms with Gasteiger partial charge >= 0.3 is 5.97 Å². The van der Waals surface area contributed by atoms with Gasteiger partial charge in [0.1, 0.15) is 15.4 Å². The summed E-state index contributed by atoms with van der Waals surface area (Å²) < 4.78 is 9.73. The number of thiophene rings is 1. The van der Waals surface area contributed by atoms with Gasteiger partial charge in [-0.1, -0.05) is 0 Å². The molecular weight excluding hydrogens is 282 g/mol. The fourth-order valence-electron chi connectivity index (χ4n) is 1.65. The summed E-state index contributed by atoms with van der Waals surface area (Å²) in [5, 5.41) is 6.08. The van der Waals surface area contributed by atoms with Gasteiger partial charge in [-0.25, -0.2) is 4.79 Å². The van der Waals surface area contributed by atoms with E-state index in [1.165, 1.54) is 14.2 Å². The van der Waals surface area contributed by atoms with E-state index >= 15 is 0 Å². The smallest absolute Gasteiger partial charge is 0.343 e. The maximum Gasteiger partial charge on any atom is 0.343 e. The molecule has 20 heavy (non-hydrogen) atoms. The van der Waals surface area contributed by atoms with Crippen LogP contribution in [0.25, 0.3) is 0 Å². The number of nitrogen functional groups attached to an aromatic ring is 1. The standard InChI is InChI=1S/C12H19N3O4S/c1-6(5-18-3)15-11-7(12(17)19-4)8(13)9(20-11)10(16)14-2/h6,15H,5,13H2,1-4H3,(H,14,16). The zero-order valence-electron chi connectivity index (χ0n) is 11.9. The highest BCUT2D eigenvalue weighted by Gasteiger charge is 2.26. The average Bonchev–Trinajstić information content (AvgIpc) is 2.74. The van der Waals surface area contributed by atoms with Gasteiger partial charge in [0.2, 0.25) is 0 Å². The molecule has 1 amide bonds. The lowest BCUT2D eigenvalue weighted by Crippen LogP contribution is -2.21. The Kier molecular flexibility index (Phi) is 5.78. The van der Waals surface area contributed by atoms with Crippen LogP contribution >= 0.6 is 11.3 Å². The number of esters is 1. The molecule has 1 atom stereocenters. The molecule has 0 aromatic carbocycles. The van der Waals surface area contributed by atoms with E-state index in [0.717, 1.165) is 11.3 Å². The number of methoxy groups -OCH3 is 2. The first-order chi connectivity index (χ1) is 9.46. The molecule has 0 radical (unpaired) electrons. The number of carbonyl (C=O) groups excluding carboxylic acids is 2. The molecule has 112 valence electrons. The lowest BCUT2D eigenvalue weighted by molar-refractivity contribution is 0.0603. The number of nitrogens with one attached hydrogen (secondary N) is 2. The molecule has 0 saturated heterocycles. The van der Waals surface area contributed by atoms with Gasteiger partial charge in [-0.3, -0.25) is 4.79 Å². The number of amides is 1. The highest BCUT2D eigenvalue weighted by molar-refractivity contribution is 7.19. The molecular formula is C12H19N3O4S. The van der Waals surface area contributed by atoms with E-state index in [-0.39, 0.29) is 28.1 Å². The van der Waals surface area contributed by atoms with E-state index in [9.17, 15) is 9.59 Å². The summed E-state index contributed by atoms with van der Waals surface area (Å²) in [6.45, 7) is 2.34. The van der Waals surface area contributed by atoms with Crippen molar-refractivity contribution in [2.45, 2.75) is 13.0 Å². The van der Waals surface area contributed by atoms with Crippen molar-refractivity contribution in [1.82, 2.24) is 5.32 Å². The zero-order chi connectivity index (χ0) is 15.3. The number of rotatable bonds is 6. The van der Waals surface area contributed by atoms with Crippen LogP contribution in [-0.2, 0) is 9.47 Å². The summed E-state index contributed by atoms with van der Waals surface area (Å²) in [6.07, 6.45) is 0. The Morgan fingerprint density at radius 1 is 1.40 bits per heavy atom. The lowest BCUT2D eigenvalue weighted by Gasteiger charge is -2.13. The Balaban J connectivity index is 3.20. The normalized spacial score (nSPS) is 11.8. The number of hydrogen-bond donors (Lipinski definition) is 3. The molecule has 0 spiro atoms. The Bertz CT molecular complexity index is 501. The molecule has 0 aliphatic heterocycles. The molecule has 7 nitrogen and oxygen atoms in total. The summed E-state index contributed by atoms with van der Waals surface area (Å²) in [6, 6.07) is -0.0426. The van der Waals surface area contributed by atoms with Crippen LogP contribution in [-0.4, -0.2) is 45.8 Å². The van der Waals surface area contributed by atoms with E-state index in [2.05, 4.69) is 10.6 Å². The Morgan fingerprint density at radius 3 is 2.55 bits per heavy atom. The number of ether oxygens (including phenoxy) is 2. The van der Waals surface area contributed by atoms with Crippen molar-refractivity contribution in [3.05, 3.63) is 10.4 Å². The van der Waals surface area contributed by atoms with E-state index in [1.54, 1.807) is 7.11 Å². The van der Waals surface area contributed by atoms with Gasteiger partial charge in [-0.2, -0.15) is 0 Å². The lowest BCUT2D eigenvalue weighted by atomic mass is 10.2. The predicted molar refractivity (Wildman–Crippen MR) is 78.4 cm³/mol. The van der Waals surface area contributed by atoms with Crippen LogP contribution in [0.5, 0.6) is 0 Å². The first-order valence-corrected chi connectivity index (χ1v) is 6.76. The number of hydrogen-bond acceptors (Lipinski definition) is 7. The molecule has 1 heterocycles. The number of carbonyl (C=O) groups is 2. The molecule has 0 aliphatic rings. The third-order valence-corrected chi connectivity index (χ3v) is 3.70. The molecule has 0 aliphatic carbocycles. The summed E-state index contributed by atoms with van der Waals surface area (Å²) in [5.41, 5.74) is 6.18. The predicted octanol–water partition coefficient (Wildman–Crippen LogP) is 0.923. The van der Waals surface area contributed by atoms with E-state index < -0.39 is 5.97 Å². The van der Waals surface area contributed by atoms with Crippen LogP contribution in [0.1, 0.15) is 27.0 Å². The number of nitrogens with two attached hydrogens (primary N) is 1. The Hall–Kier alpha value is -1.80. The molecule has 1 aromatic rings. The summed E-state index contributed by atoms with van der Waals surface area (Å²) in [7, 11) is 4.35. The van der Waals surface area contributed by atoms with Gasteiger partial charge in [0, 0.05) is 20.2 Å². The van der Waals surface area contributed by atoms with Crippen molar-refractivity contribution in [1.29, 1.82) is 0 Å². The highest BCUT2D eigenvalue weighted by Crippen LogP contribution is 2.36. The fourth-order valence-corrected chi connectivity index (χ4v) is 2.81. The maximum atomic E-state index is 11.8. The van der Waals surface area contributed by atoms with Crippen molar-refractivity contribution < 1.29 is 19.1 Å². The maximum absolute atomic E-state index is 11.8. The largest absolute Gasteiger partial charge is 0.465 e. The monoisotopic (exact) mass is 301 g/mol. The second kappa shape index (κ2) is 7.11. The SMILES string of the molecule is CNC(=O)c1sc(NC(C)COC)c(C(=O)OC)c1N. The molecule has 0 fully saturated rings. The van der Waals surface area contributed by atoms with Gasteiger partial charge in [0.05, 0.1) is 19.4 Å². The highest BCUT2D eigenvalue weighted by atomic mass is 32.1. The molecule has 1 aromatic heterocycles. The first-order valence-electron chi connectivity index (χ1n) is 5.94. The van der Waals surface area contributed by atoms with Crippen LogP contribution in [0.15, 0.2) is 0 Å². The fraction of sp³-hybridized carbons (Fsp3) is 0.500. The van der Waals surface area contributed by atoms with Crippen molar-refractivity contribution in [2.24, 2.45) is 0 Å². The molecule has 8 heteroatoms. The summed E-state index contributed by atoms with van der Waals surface area (Å²) in [5.74, 6) is -0.925. The van der Waals surface area contributed by atoms with Gasteiger partial charge in [-0.05, 0) is 6.92 Å². The van der Waals surface area contributed by atoms with Gasteiger partial charge in [-0.15, -0.1) is 11.3 Å². The van der Waals surface area contributed by atoms with Crippen LogP contribution < -0.4 is 16.4 Å². The minimum atomic E-state index is -0.582. The van der Waals surface area contributed by atoms with Gasteiger partial charge < -0.3 is 25.8 Å². The first kappa shape index (κ1) is 16.3. The third kappa shape index (κ3) is 3.40. The second-order valence-corrected chi connectivity index (χ2v) is 5.14. The topological polar surface area (TPSA) is 103 Å². The minimum absolute atomic E-state index is 0.0426. The Morgan fingerprint density at radius 2 is 2.05 bits per heavy atom. The zero-order valence-corrected chi connectivity index (χ0v) is 12.7. The van der Waals surface area contributed by atoms with Crippen LogP contribution in [0.4, 0.5) is 10.7 Å². The van der Waals surface area contributed by atoms with Crippen molar-refractivity contribution >= 4 is 33.9 Å². The van der Waals surface area contributed by atoms with Crippen LogP contribution in [0.3, 0.4) is 0 Å². The molecule has 4 N–H and O–H groups in total. The van der Waals surface area contributed by atoms with E-state index in [0.29, 0.717) is 11.6 Å². The van der Waals surface area contributed by atoms with Crippen LogP contribution in [0.2, 0.25) is 0 Å². The van der Waals surface area contributed by atoms with Gasteiger partial charge in [0.25, 0.3) is 5.91 Å². The molecule has 0 bridgehead atoms. The van der Waals surface area contributed by atoms with Gasteiger partial charge in [0.15, 0.2) is 0 Å². The summed E-state index contributed by atoms with van der Waals surface area (Å²) >= 11 is 1.11. The molecule has 0 saturated carbocycles.